The van der Waals surface area contributed by atoms with Crippen LogP contribution in [0.1, 0.15) is 26.7 Å². The minimum Gasteiger partial charge on any atom is -0.330 e. The summed E-state index contributed by atoms with van der Waals surface area (Å²) in [6, 6.07) is 0.706. The fourth-order valence-electron chi connectivity index (χ4n) is 2.14. The highest BCUT2D eigenvalue weighted by atomic mass is 15.2. The van der Waals surface area contributed by atoms with E-state index < -0.39 is 0 Å². The van der Waals surface area contributed by atoms with Crippen molar-refractivity contribution < 1.29 is 0 Å². The molecule has 90 valence electrons. The van der Waals surface area contributed by atoms with Gasteiger partial charge >= 0.3 is 0 Å². The molecule has 0 aliphatic carbocycles. The molecule has 1 aliphatic heterocycles. The van der Waals surface area contributed by atoms with Crippen LogP contribution in [-0.2, 0) is 0 Å². The van der Waals surface area contributed by atoms with Crippen molar-refractivity contribution in [3.8, 4) is 0 Å². The van der Waals surface area contributed by atoms with Gasteiger partial charge in [-0.25, -0.2) is 0 Å². The van der Waals surface area contributed by atoms with Gasteiger partial charge in [0.05, 0.1) is 0 Å². The molecule has 1 heterocycles. The third-order valence-electron chi connectivity index (χ3n) is 3.82. The van der Waals surface area contributed by atoms with E-state index in [1.807, 2.05) is 0 Å². The Kier molecular flexibility index (Phi) is 5.58. The zero-order valence-corrected chi connectivity index (χ0v) is 10.6. The molecule has 0 saturated carbocycles. The third kappa shape index (κ3) is 4.09. The Labute approximate surface area is 94.6 Å². The fourth-order valence-corrected chi connectivity index (χ4v) is 2.14. The maximum atomic E-state index is 5.68. The first-order chi connectivity index (χ1) is 7.17. The van der Waals surface area contributed by atoms with E-state index in [1.165, 1.54) is 39.0 Å². The van der Waals surface area contributed by atoms with Crippen molar-refractivity contribution in [2.75, 3.05) is 39.8 Å². The Balaban J connectivity index is 2.15. The van der Waals surface area contributed by atoms with Gasteiger partial charge in [0.1, 0.15) is 0 Å². The van der Waals surface area contributed by atoms with Crippen LogP contribution >= 0.6 is 0 Å². The smallest absolute Gasteiger partial charge is 0.0109 e. The highest BCUT2D eigenvalue weighted by Crippen LogP contribution is 2.14. The predicted octanol–water partition coefficient (Wildman–Crippen LogP) is 0.997. The van der Waals surface area contributed by atoms with Gasteiger partial charge in [-0.3, -0.25) is 0 Å². The summed E-state index contributed by atoms with van der Waals surface area (Å²) >= 11 is 0. The molecule has 0 aromatic rings. The molecule has 2 unspecified atom stereocenters. The molecule has 1 rings (SSSR count). The number of nitrogens with two attached hydrogens (primary N) is 1. The maximum Gasteiger partial charge on any atom is 0.0109 e. The van der Waals surface area contributed by atoms with E-state index in [-0.39, 0.29) is 0 Å². The molecular weight excluding hydrogens is 186 g/mol. The van der Waals surface area contributed by atoms with Crippen LogP contribution in [0.25, 0.3) is 0 Å². The molecule has 3 heteroatoms. The normalized spacial score (nSPS) is 25.0. The second kappa shape index (κ2) is 6.46. The van der Waals surface area contributed by atoms with Gasteiger partial charge in [0.2, 0.25) is 0 Å². The first-order valence-electron chi connectivity index (χ1n) is 6.30. The minimum atomic E-state index is 0.706. The molecule has 1 fully saturated rings. The Morgan fingerprint density at radius 3 is 2.80 bits per heavy atom. The van der Waals surface area contributed by atoms with Crippen LogP contribution in [-0.4, -0.2) is 55.6 Å². The molecule has 0 aromatic carbocycles. The van der Waals surface area contributed by atoms with E-state index in [0.29, 0.717) is 6.04 Å². The molecular formula is C12H27N3. The summed E-state index contributed by atoms with van der Waals surface area (Å²) < 4.78 is 0. The molecule has 1 saturated heterocycles. The van der Waals surface area contributed by atoms with Crippen molar-refractivity contribution in [2.24, 2.45) is 11.7 Å². The number of rotatable bonds is 6. The molecule has 3 nitrogen and oxygen atoms in total. The van der Waals surface area contributed by atoms with E-state index in [9.17, 15) is 0 Å². The van der Waals surface area contributed by atoms with E-state index >= 15 is 0 Å². The molecule has 0 radical (unpaired) electrons. The van der Waals surface area contributed by atoms with Gasteiger partial charge in [-0.1, -0.05) is 6.92 Å². The lowest BCUT2D eigenvalue weighted by Gasteiger charge is -2.26. The number of nitrogens with zero attached hydrogens (tertiary/aromatic N) is 2. The predicted molar refractivity (Wildman–Crippen MR) is 66.0 cm³/mol. The van der Waals surface area contributed by atoms with Gasteiger partial charge in [-0.2, -0.15) is 0 Å². The summed E-state index contributed by atoms with van der Waals surface area (Å²) in [6.07, 6.45) is 2.53. The Hall–Kier alpha value is -0.120. The van der Waals surface area contributed by atoms with Crippen molar-refractivity contribution in [1.82, 2.24) is 9.80 Å². The Morgan fingerprint density at radius 1 is 1.53 bits per heavy atom. The number of hydrogen-bond acceptors (Lipinski definition) is 3. The van der Waals surface area contributed by atoms with Crippen molar-refractivity contribution in [3.05, 3.63) is 0 Å². The van der Waals surface area contributed by atoms with Crippen LogP contribution in [0.2, 0.25) is 0 Å². The molecule has 15 heavy (non-hydrogen) atoms. The highest BCUT2D eigenvalue weighted by molar-refractivity contribution is 4.76. The van der Waals surface area contributed by atoms with Crippen LogP contribution in [0.3, 0.4) is 0 Å². The third-order valence-corrected chi connectivity index (χ3v) is 3.82. The largest absolute Gasteiger partial charge is 0.330 e. The average Bonchev–Trinajstić information content (AvgIpc) is 2.72. The van der Waals surface area contributed by atoms with Gasteiger partial charge in [0.15, 0.2) is 0 Å². The second-order valence-electron chi connectivity index (χ2n) is 4.93. The lowest BCUT2D eigenvalue weighted by atomic mass is 10.1. The van der Waals surface area contributed by atoms with E-state index in [0.717, 1.165) is 12.5 Å². The second-order valence-corrected chi connectivity index (χ2v) is 4.93. The van der Waals surface area contributed by atoms with Crippen LogP contribution in [0, 0.1) is 5.92 Å². The first-order valence-corrected chi connectivity index (χ1v) is 6.30. The van der Waals surface area contributed by atoms with Crippen molar-refractivity contribution in [2.45, 2.75) is 32.7 Å². The van der Waals surface area contributed by atoms with Gasteiger partial charge < -0.3 is 15.5 Å². The van der Waals surface area contributed by atoms with Crippen LogP contribution in [0.5, 0.6) is 0 Å². The molecule has 2 atom stereocenters. The quantitative estimate of drug-likeness (QED) is 0.714. The van der Waals surface area contributed by atoms with Crippen LogP contribution in [0.15, 0.2) is 0 Å². The highest BCUT2D eigenvalue weighted by Gasteiger charge is 2.21. The fraction of sp³-hybridized carbons (Fsp3) is 1.00. The Bertz CT molecular complexity index is 172. The summed E-state index contributed by atoms with van der Waals surface area (Å²) in [5.41, 5.74) is 5.68. The summed E-state index contributed by atoms with van der Waals surface area (Å²) in [6.45, 7) is 10.3. The molecule has 0 aromatic heterocycles. The van der Waals surface area contributed by atoms with E-state index in [2.05, 4.69) is 30.7 Å². The lowest BCUT2D eigenvalue weighted by Crippen LogP contribution is -2.36. The van der Waals surface area contributed by atoms with Crippen LogP contribution in [0.4, 0.5) is 0 Å². The molecule has 2 N–H and O–H groups in total. The van der Waals surface area contributed by atoms with Crippen LogP contribution < -0.4 is 5.73 Å². The Morgan fingerprint density at radius 2 is 2.27 bits per heavy atom. The van der Waals surface area contributed by atoms with Gasteiger partial charge in [-0.15, -0.1) is 0 Å². The molecule has 0 amide bonds. The van der Waals surface area contributed by atoms with Crippen molar-refractivity contribution in [3.63, 3.8) is 0 Å². The summed E-state index contributed by atoms with van der Waals surface area (Å²) in [7, 11) is 2.23. The minimum absolute atomic E-state index is 0.706. The number of hydrogen-bond donors (Lipinski definition) is 1. The summed E-state index contributed by atoms with van der Waals surface area (Å²) in [5, 5.41) is 0. The SMILES string of the molecule is CCC(C)N(C)CCN1CCC(CN)C1. The maximum absolute atomic E-state index is 5.68. The van der Waals surface area contributed by atoms with E-state index in [4.69, 9.17) is 5.73 Å². The van der Waals surface area contributed by atoms with Crippen molar-refractivity contribution in [1.29, 1.82) is 0 Å². The van der Waals surface area contributed by atoms with Crippen molar-refractivity contribution >= 4 is 0 Å². The van der Waals surface area contributed by atoms with Gasteiger partial charge in [0, 0.05) is 25.7 Å². The summed E-state index contributed by atoms with van der Waals surface area (Å²) in [4.78, 5) is 5.01. The van der Waals surface area contributed by atoms with E-state index in [1.54, 1.807) is 0 Å². The molecule has 1 aliphatic rings. The zero-order chi connectivity index (χ0) is 11.3. The zero-order valence-electron chi connectivity index (χ0n) is 10.6. The molecule has 0 bridgehead atoms. The van der Waals surface area contributed by atoms with Gasteiger partial charge in [-0.05, 0) is 45.8 Å². The average molecular weight is 213 g/mol. The molecule has 0 spiro atoms. The topological polar surface area (TPSA) is 32.5 Å². The first kappa shape index (κ1) is 12.9. The number of likely N-dealkylation sites (N-methyl/N-ethyl adjacent to an activating group) is 1. The van der Waals surface area contributed by atoms with Gasteiger partial charge in [0.25, 0.3) is 0 Å². The lowest BCUT2D eigenvalue weighted by molar-refractivity contribution is 0.209. The summed E-state index contributed by atoms with van der Waals surface area (Å²) in [5.74, 6) is 0.749. The monoisotopic (exact) mass is 213 g/mol. The standard InChI is InChI=1S/C12H27N3/c1-4-11(2)14(3)7-8-15-6-5-12(9-13)10-15/h11-12H,4-10,13H2,1-3H3. The number of likely N-dealkylation sites (tertiary alicyclic amines) is 1.